The lowest BCUT2D eigenvalue weighted by atomic mass is 9.99. The van der Waals surface area contributed by atoms with Gasteiger partial charge in [0, 0.05) is 23.2 Å². The van der Waals surface area contributed by atoms with Gasteiger partial charge in [-0.25, -0.2) is 0 Å². The second-order valence-corrected chi connectivity index (χ2v) is 6.29. The molecule has 100 valence electrons. The highest BCUT2D eigenvalue weighted by atomic mass is 79.9. The Balaban J connectivity index is 1.75. The van der Waals surface area contributed by atoms with Crippen LogP contribution < -0.4 is 5.32 Å². The minimum atomic E-state index is 0.917. The van der Waals surface area contributed by atoms with E-state index in [1.165, 1.54) is 37.2 Å². The number of aryl methyl sites for hydroxylation is 1. The summed E-state index contributed by atoms with van der Waals surface area (Å²) in [6.07, 6.45) is 2.71. The number of nitrogens with zero attached hydrogens (tertiary/aromatic N) is 1. The smallest absolute Gasteiger partial charge is 0.0485 e. The van der Waals surface area contributed by atoms with E-state index in [-0.39, 0.29) is 0 Å². The monoisotopic (exact) mass is 310 g/mol. The highest BCUT2D eigenvalue weighted by Crippen LogP contribution is 2.23. The van der Waals surface area contributed by atoms with Crippen LogP contribution in [0.3, 0.4) is 0 Å². The molecule has 1 aliphatic heterocycles. The van der Waals surface area contributed by atoms with Crippen molar-refractivity contribution >= 4 is 21.6 Å². The Labute approximate surface area is 119 Å². The molecule has 1 aromatic rings. The lowest BCUT2D eigenvalue weighted by Crippen LogP contribution is -2.36. The van der Waals surface area contributed by atoms with E-state index in [0.717, 1.165) is 23.5 Å². The second-order valence-electron chi connectivity index (χ2n) is 5.43. The van der Waals surface area contributed by atoms with Crippen LogP contribution in [-0.2, 0) is 0 Å². The van der Waals surface area contributed by atoms with Gasteiger partial charge in [0.2, 0.25) is 0 Å². The summed E-state index contributed by atoms with van der Waals surface area (Å²) < 4.78 is 1.16. The molecule has 0 saturated carbocycles. The number of benzene rings is 1. The minimum absolute atomic E-state index is 0.917. The van der Waals surface area contributed by atoms with Gasteiger partial charge in [-0.1, -0.05) is 13.0 Å². The number of likely N-dealkylation sites (tertiary alicyclic amines) is 1. The number of hydrogen-bond acceptors (Lipinski definition) is 2. The Morgan fingerprint density at radius 1 is 1.33 bits per heavy atom. The van der Waals surface area contributed by atoms with Crippen molar-refractivity contribution in [1.29, 1.82) is 0 Å². The number of anilines is 1. The van der Waals surface area contributed by atoms with Crippen LogP contribution in [0.15, 0.2) is 22.7 Å². The van der Waals surface area contributed by atoms with E-state index in [1.54, 1.807) is 0 Å². The Hall–Kier alpha value is -0.540. The first-order chi connectivity index (χ1) is 8.65. The van der Waals surface area contributed by atoms with Crippen molar-refractivity contribution in [2.45, 2.75) is 26.7 Å². The quantitative estimate of drug-likeness (QED) is 0.907. The van der Waals surface area contributed by atoms with Gasteiger partial charge in [0.1, 0.15) is 0 Å². The fourth-order valence-electron chi connectivity index (χ4n) is 2.40. The average molecular weight is 311 g/mol. The molecule has 3 heteroatoms. The Kier molecular flexibility index (Phi) is 5.07. The highest BCUT2D eigenvalue weighted by molar-refractivity contribution is 9.10. The molecule has 0 unspecified atom stereocenters. The lowest BCUT2D eigenvalue weighted by molar-refractivity contribution is 0.199. The summed E-state index contributed by atoms with van der Waals surface area (Å²) in [5.74, 6) is 0.917. The van der Waals surface area contributed by atoms with Crippen LogP contribution in [0.4, 0.5) is 5.69 Å². The number of rotatable bonds is 4. The molecule has 0 radical (unpaired) electrons. The molecule has 0 aromatic heterocycles. The molecule has 1 N–H and O–H groups in total. The van der Waals surface area contributed by atoms with Gasteiger partial charge < -0.3 is 10.2 Å². The Bertz CT molecular complexity index is 384. The number of halogens is 1. The zero-order valence-corrected chi connectivity index (χ0v) is 13.0. The van der Waals surface area contributed by atoms with E-state index in [0.29, 0.717) is 0 Å². The molecule has 0 bridgehead atoms. The van der Waals surface area contributed by atoms with E-state index in [9.17, 15) is 0 Å². The molecule has 1 heterocycles. The molecule has 0 atom stereocenters. The molecule has 1 aromatic carbocycles. The van der Waals surface area contributed by atoms with Crippen molar-refractivity contribution < 1.29 is 0 Å². The van der Waals surface area contributed by atoms with Crippen molar-refractivity contribution in [2.24, 2.45) is 5.92 Å². The first-order valence-corrected chi connectivity index (χ1v) is 7.67. The maximum atomic E-state index is 3.61. The molecule has 2 rings (SSSR count). The van der Waals surface area contributed by atoms with E-state index in [1.807, 2.05) is 0 Å². The summed E-state index contributed by atoms with van der Waals surface area (Å²) in [5.41, 5.74) is 2.49. The van der Waals surface area contributed by atoms with Crippen LogP contribution in [0.2, 0.25) is 0 Å². The van der Waals surface area contributed by atoms with Crippen LogP contribution in [0.1, 0.15) is 25.3 Å². The van der Waals surface area contributed by atoms with Gasteiger partial charge in [0.25, 0.3) is 0 Å². The van der Waals surface area contributed by atoms with Gasteiger partial charge in [-0.2, -0.15) is 0 Å². The number of piperidine rings is 1. The van der Waals surface area contributed by atoms with E-state index >= 15 is 0 Å². The van der Waals surface area contributed by atoms with Gasteiger partial charge in [0.15, 0.2) is 0 Å². The zero-order valence-electron chi connectivity index (χ0n) is 11.4. The van der Waals surface area contributed by atoms with Crippen LogP contribution in [-0.4, -0.2) is 31.1 Å². The topological polar surface area (TPSA) is 15.3 Å². The zero-order chi connectivity index (χ0) is 13.0. The lowest BCUT2D eigenvalue weighted by Gasteiger charge is -2.30. The molecular weight excluding hydrogens is 288 g/mol. The number of nitrogens with one attached hydrogen (secondary N) is 1. The Morgan fingerprint density at radius 2 is 2.06 bits per heavy atom. The first-order valence-electron chi connectivity index (χ1n) is 6.87. The fraction of sp³-hybridized carbons (Fsp3) is 0.600. The maximum Gasteiger partial charge on any atom is 0.0485 e. The van der Waals surface area contributed by atoms with Crippen LogP contribution >= 0.6 is 15.9 Å². The first kappa shape index (κ1) is 13.9. The normalized spacial score (nSPS) is 17.9. The number of hydrogen-bond donors (Lipinski definition) is 1. The van der Waals surface area contributed by atoms with Crippen LogP contribution in [0.25, 0.3) is 0 Å². The van der Waals surface area contributed by atoms with Crippen molar-refractivity contribution in [3.63, 3.8) is 0 Å². The Morgan fingerprint density at radius 3 is 2.72 bits per heavy atom. The van der Waals surface area contributed by atoms with Gasteiger partial charge in [-0.05, 0) is 72.4 Å². The van der Waals surface area contributed by atoms with Gasteiger partial charge in [-0.15, -0.1) is 0 Å². The second kappa shape index (κ2) is 6.58. The van der Waals surface area contributed by atoms with Gasteiger partial charge >= 0.3 is 0 Å². The van der Waals surface area contributed by atoms with E-state index in [2.05, 4.69) is 58.2 Å². The third kappa shape index (κ3) is 3.99. The standard InChI is InChI=1S/C15H23BrN2/c1-12-5-8-18(9-6-12)10-7-17-15-4-3-13(2)11-14(15)16/h3-4,11-12,17H,5-10H2,1-2H3. The molecule has 2 nitrogen and oxygen atoms in total. The van der Waals surface area contributed by atoms with Crippen LogP contribution in [0, 0.1) is 12.8 Å². The maximum absolute atomic E-state index is 3.61. The van der Waals surface area contributed by atoms with E-state index in [4.69, 9.17) is 0 Å². The predicted molar refractivity (Wildman–Crippen MR) is 82.2 cm³/mol. The fourth-order valence-corrected chi connectivity index (χ4v) is 3.03. The summed E-state index contributed by atoms with van der Waals surface area (Å²) in [5, 5.41) is 3.51. The molecule has 0 aliphatic carbocycles. The average Bonchev–Trinajstić information content (AvgIpc) is 2.34. The van der Waals surface area contributed by atoms with Crippen molar-refractivity contribution in [3.8, 4) is 0 Å². The molecule has 0 amide bonds. The van der Waals surface area contributed by atoms with Crippen molar-refractivity contribution in [1.82, 2.24) is 4.90 Å². The summed E-state index contributed by atoms with van der Waals surface area (Å²) in [7, 11) is 0. The van der Waals surface area contributed by atoms with Gasteiger partial charge in [0.05, 0.1) is 0 Å². The third-order valence-electron chi connectivity index (χ3n) is 3.74. The molecule has 0 spiro atoms. The minimum Gasteiger partial charge on any atom is -0.383 e. The predicted octanol–water partition coefficient (Wildman–Crippen LogP) is 3.90. The summed E-state index contributed by atoms with van der Waals surface area (Å²) in [4.78, 5) is 2.56. The van der Waals surface area contributed by atoms with Gasteiger partial charge in [-0.3, -0.25) is 0 Å². The molecule has 1 saturated heterocycles. The van der Waals surface area contributed by atoms with Crippen LogP contribution in [0.5, 0.6) is 0 Å². The third-order valence-corrected chi connectivity index (χ3v) is 4.40. The van der Waals surface area contributed by atoms with Crippen molar-refractivity contribution in [3.05, 3.63) is 28.2 Å². The summed E-state index contributed by atoms with van der Waals surface area (Å²) in [6.45, 7) is 9.17. The molecular formula is C15H23BrN2. The molecule has 18 heavy (non-hydrogen) atoms. The molecule has 1 fully saturated rings. The highest BCUT2D eigenvalue weighted by Gasteiger charge is 2.14. The van der Waals surface area contributed by atoms with Crippen molar-refractivity contribution in [2.75, 3.05) is 31.5 Å². The SMILES string of the molecule is Cc1ccc(NCCN2CCC(C)CC2)c(Br)c1. The largest absolute Gasteiger partial charge is 0.383 e. The molecule has 1 aliphatic rings. The summed E-state index contributed by atoms with van der Waals surface area (Å²) >= 11 is 3.61. The van der Waals surface area contributed by atoms with E-state index < -0.39 is 0 Å². The summed E-state index contributed by atoms with van der Waals surface area (Å²) in [6, 6.07) is 6.46.